The Labute approximate surface area is 148 Å². The number of carbonyl (C=O) groups excluding carboxylic acids is 1. The maximum atomic E-state index is 11.2. The SMILES string of the molecule is O=C(COP(=O)(O)O)C(O)C(O)C(O)COP(=O)(O)O.[Ca]. The molecule has 0 heterocycles. The topological polar surface area (TPSA) is 211 Å². The van der Waals surface area contributed by atoms with E-state index < -0.39 is 53.0 Å². The first-order valence-electron chi connectivity index (χ1n) is 4.80. The molecule has 3 unspecified atom stereocenters. The first-order valence-corrected chi connectivity index (χ1v) is 7.86. The summed E-state index contributed by atoms with van der Waals surface area (Å²) in [4.78, 5) is 44.4. The zero-order valence-corrected chi connectivity index (χ0v) is 14.4. The van der Waals surface area contributed by atoms with Crippen LogP contribution in [0.1, 0.15) is 0 Å². The monoisotopic (exact) mass is 380 g/mol. The molecule has 0 saturated carbocycles. The first-order chi connectivity index (χ1) is 8.83. The van der Waals surface area contributed by atoms with Gasteiger partial charge in [0.15, 0.2) is 5.78 Å². The van der Waals surface area contributed by atoms with E-state index in [0.29, 0.717) is 0 Å². The zero-order valence-electron chi connectivity index (χ0n) is 10.4. The minimum atomic E-state index is -4.95. The Morgan fingerprint density at radius 1 is 0.952 bits per heavy atom. The second-order valence-electron chi connectivity index (χ2n) is 3.52. The molecule has 2 radical (unpaired) electrons. The van der Waals surface area contributed by atoms with Crippen LogP contribution in [0.15, 0.2) is 0 Å². The van der Waals surface area contributed by atoms with Gasteiger partial charge in [0.1, 0.15) is 24.9 Å². The predicted octanol–water partition coefficient (Wildman–Crippen LogP) is -3.52. The Kier molecular flexibility index (Phi) is 11.6. The Morgan fingerprint density at radius 3 is 1.76 bits per heavy atom. The van der Waals surface area contributed by atoms with E-state index in [9.17, 15) is 29.2 Å². The van der Waals surface area contributed by atoms with E-state index in [2.05, 4.69) is 9.05 Å². The number of aliphatic hydroxyl groups excluding tert-OH is 3. The number of phosphoric ester groups is 2. The smallest absolute Gasteiger partial charge is 0.388 e. The van der Waals surface area contributed by atoms with Gasteiger partial charge in [0, 0.05) is 37.7 Å². The summed E-state index contributed by atoms with van der Waals surface area (Å²) in [6, 6.07) is 0. The number of aliphatic hydroxyl groups is 3. The summed E-state index contributed by atoms with van der Waals surface area (Å²) >= 11 is 0. The third-order valence-corrected chi connectivity index (χ3v) is 2.79. The third kappa shape index (κ3) is 12.2. The molecule has 0 rings (SSSR count). The molecule has 0 aliphatic heterocycles. The molecule has 0 spiro atoms. The van der Waals surface area contributed by atoms with Crippen LogP contribution in [0.25, 0.3) is 0 Å². The van der Waals surface area contributed by atoms with Crippen LogP contribution in [0.5, 0.6) is 0 Å². The van der Waals surface area contributed by atoms with Gasteiger partial charge in [-0.25, -0.2) is 9.13 Å². The van der Waals surface area contributed by atoms with Crippen LogP contribution < -0.4 is 0 Å². The summed E-state index contributed by atoms with van der Waals surface area (Å²) in [6.07, 6.45) is -6.53. The fourth-order valence-electron chi connectivity index (χ4n) is 0.906. The molecule has 0 amide bonds. The summed E-state index contributed by atoms with van der Waals surface area (Å²) in [5.41, 5.74) is 0. The van der Waals surface area contributed by atoms with Crippen LogP contribution in [0.4, 0.5) is 0 Å². The number of phosphoric acid groups is 2. The van der Waals surface area contributed by atoms with E-state index in [4.69, 9.17) is 19.6 Å². The quantitative estimate of drug-likeness (QED) is 0.153. The van der Waals surface area contributed by atoms with Crippen LogP contribution >= 0.6 is 15.6 Å². The molecule has 0 aliphatic rings. The molecule has 0 aromatic carbocycles. The first kappa shape index (κ1) is 24.3. The van der Waals surface area contributed by atoms with E-state index >= 15 is 0 Å². The van der Waals surface area contributed by atoms with Gasteiger partial charge >= 0.3 is 15.6 Å². The maximum absolute atomic E-state index is 11.2. The summed E-state index contributed by atoms with van der Waals surface area (Å²) in [7, 11) is -9.87. The van der Waals surface area contributed by atoms with Gasteiger partial charge in [0.2, 0.25) is 0 Å². The molecule has 0 aromatic rings. The van der Waals surface area contributed by atoms with Crippen molar-refractivity contribution < 1.29 is 57.9 Å². The standard InChI is InChI=1S/C6H14O12P2.Ca/c7-3(1-17-19(11,12)13)5(9)6(10)4(8)2-18-20(14,15)16;/h3,5-7,9-10H,1-2H2,(H2,11,12,13)(H2,14,15,16);. The summed E-state index contributed by atoms with van der Waals surface area (Å²) < 4.78 is 28.2. The van der Waals surface area contributed by atoms with Crippen LogP contribution in [0.3, 0.4) is 0 Å². The number of ketones is 1. The van der Waals surface area contributed by atoms with Gasteiger partial charge < -0.3 is 34.9 Å². The van der Waals surface area contributed by atoms with E-state index in [-0.39, 0.29) is 37.7 Å². The molecular formula is C6H14CaO12P2. The molecule has 3 atom stereocenters. The van der Waals surface area contributed by atoms with Crippen molar-refractivity contribution in [2.45, 2.75) is 18.3 Å². The van der Waals surface area contributed by atoms with E-state index in [1.165, 1.54) is 0 Å². The molecule has 7 N–H and O–H groups in total. The Morgan fingerprint density at radius 2 is 1.38 bits per heavy atom. The molecule has 15 heteroatoms. The molecule has 21 heavy (non-hydrogen) atoms. The van der Waals surface area contributed by atoms with Crippen LogP contribution in [-0.4, -0.2) is 110 Å². The van der Waals surface area contributed by atoms with Crippen LogP contribution in [0, 0.1) is 0 Å². The van der Waals surface area contributed by atoms with Crippen molar-refractivity contribution in [3.63, 3.8) is 0 Å². The average molecular weight is 380 g/mol. The molecule has 0 fully saturated rings. The summed E-state index contributed by atoms with van der Waals surface area (Å²) in [6.45, 7) is -2.33. The van der Waals surface area contributed by atoms with Crippen molar-refractivity contribution in [1.82, 2.24) is 0 Å². The number of hydrogen-bond donors (Lipinski definition) is 7. The van der Waals surface area contributed by atoms with Crippen LogP contribution in [0.2, 0.25) is 0 Å². The number of hydrogen-bond acceptors (Lipinski definition) is 8. The Bertz CT molecular complexity index is 416. The molecular weight excluding hydrogens is 366 g/mol. The van der Waals surface area contributed by atoms with Crippen molar-refractivity contribution in [3.8, 4) is 0 Å². The number of rotatable bonds is 9. The van der Waals surface area contributed by atoms with Gasteiger partial charge in [0.25, 0.3) is 0 Å². The number of Topliss-reactive ketones (excluding diaryl/α,β-unsaturated/α-hetero) is 1. The van der Waals surface area contributed by atoms with Crippen molar-refractivity contribution in [3.05, 3.63) is 0 Å². The third-order valence-electron chi connectivity index (χ3n) is 1.84. The van der Waals surface area contributed by atoms with Gasteiger partial charge in [0.05, 0.1) is 6.61 Å². The van der Waals surface area contributed by atoms with E-state index in [1.807, 2.05) is 0 Å². The second-order valence-corrected chi connectivity index (χ2v) is 6.00. The Balaban J connectivity index is 0. The summed E-state index contributed by atoms with van der Waals surface area (Å²) in [5.74, 6) is -1.36. The van der Waals surface area contributed by atoms with Gasteiger partial charge in [-0.3, -0.25) is 13.8 Å². The molecule has 12 nitrogen and oxygen atoms in total. The largest absolute Gasteiger partial charge is 0.470 e. The van der Waals surface area contributed by atoms with Crippen molar-refractivity contribution in [1.29, 1.82) is 0 Å². The minimum Gasteiger partial charge on any atom is -0.388 e. The normalized spacial score (nSPS) is 16.7. The van der Waals surface area contributed by atoms with Crippen molar-refractivity contribution >= 4 is 59.2 Å². The van der Waals surface area contributed by atoms with E-state index in [0.717, 1.165) is 0 Å². The second kappa shape index (κ2) is 10.0. The van der Waals surface area contributed by atoms with Crippen molar-refractivity contribution in [2.24, 2.45) is 0 Å². The molecule has 122 valence electrons. The molecule has 0 aliphatic carbocycles. The maximum Gasteiger partial charge on any atom is 0.470 e. The Hall–Kier alpha value is 1.03. The van der Waals surface area contributed by atoms with Crippen LogP contribution in [-0.2, 0) is 23.0 Å². The van der Waals surface area contributed by atoms with Gasteiger partial charge in [-0.05, 0) is 0 Å². The predicted molar refractivity (Wildman–Crippen MR) is 64.8 cm³/mol. The zero-order chi connectivity index (χ0) is 16.1. The number of carbonyl (C=O) groups is 1. The van der Waals surface area contributed by atoms with Gasteiger partial charge in [-0.2, -0.15) is 0 Å². The fourth-order valence-corrected chi connectivity index (χ4v) is 1.55. The summed E-state index contributed by atoms with van der Waals surface area (Å²) in [5, 5.41) is 27.7. The fraction of sp³-hybridized carbons (Fsp3) is 0.833. The van der Waals surface area contributed by atoms with Crippen molar-refractivity contribution in [2.75, 3.05) is 13.2 Å². The molecule has 0 bridgehead atoms. The molecule has 0 saturated heterocycles. The van der Waals surface area contributed by atoms with Gasteiger partial charge in [-0.1, -0.05) is 0 Å². The van der Waals surface area contributed by atoms with E-state index in [1.54, 1.807) is 0 Å². The minimum absolute atomic E-state index is 0. The molecule has 0 aromatic heterocycles. The average Bonchev–Trinajstić information content (AvgIpc) is 2.29. The van der Waals surface area contributed by atoms with Gasteiger partial charge in [-0.15, -0.1) is 0 Å².